The summed E-state index contributed by atoms with van der Waals surface area (Å²) in [5.41, 5.74) is 0.604. The molecule has 1 aromatic carbocycles. The number of nitrogens with zero attached hydrogens (tertiary/aromatic N) is 1. The molecule has 0 bridgehead atoms. The fourth-order valence-electron chi connectivity index (χ4n) is 0.996. The van der Waals surface area contributed by atoms with Crippen molar-refractivity contribution < 1.29 is 9.59 Å². The predicted molar refractivity (Wildman–Crippen MR) is 75.8 cm³/mol. The minimum atomic E-state index is -0.132. The van der Waals surface area contributed by atoms with Gasteiger partial charge in [-0.1, -0.05) is 32.0 Å². The normalized spacial score (nSPS) is 8.06. The van der Waals surface area contributed by atoms with Crippen molar-refractivity contribution in [2.45, 2.75) is 13.8 Å². The monoisotopic (exact) mass is 252 g/mol. The number of hydrogen-bond acceptors (Lipinski definition) is 3. The zero-order valence-electron chi connectivity index (χ0n) is 11.9. The highest BCUT2D eigenvalue weighted by molar-refractivity contribution is 5.94. The predicted octanol–water partition coefficient (Wildman–Crippen LogP) is 1.82. The second-order valence-corrected chi connectivity index (χ2v) is 3.22. The van der Waals surface area contributed by atoms with E-state index >= 15 is 0 Å². The summed E-state index contributed by atoms with van der Waals surface area (Å²) < 4.78 is 0. The van der Waals surface area contributed by atoms with Crippen LogP contribution >= 0.6 is 0 Å². The zero-order chi connectivity index (χ0) is 14.4. The van der Waals surface area contributed by atoms with Crippen molar-refractivity contribution in [3.8, 4) is 0 Å². The molecule has 4 nitrogen and oxygen atoms in total. The molecule has 18 heavy (non-hydrogen) atoms. The van der Waals surface area contributed by atoms with Crippen LogP contribution in [-0.4, -0.2) is 44.8 Å². The van der Waals surface area contributed by atoms with Gasteiger partial charge in [-0.15, -0.1) is 0 Å². The van der Waals surface area contributed by atoms with Crippen molar-refractivity contribution in [3.05, 3.63) is 35.9 Å². The van der Waals surface area contributed by atoms with Gasteiger partial charge in [-0.2, -0.15) is 0 Å². The van der Waals surface area contributed by atoms with Crippen LogP contribution in [0.25, 0.3) is 0 Å². The number of amides is 1. The number of carbonyl (C=O) groups is 2. The van der Waals surface area contributed by atoms with Gasteiger partial charge in [-0.3, -0.25) is 4.79 Å². The first kappa shape index (κ1) is 18.7. The molecule has 0 aliphatic carbocycles. The number of benzene rings is 1. The Bertz CT molecular complexity index is 313. The standard InChI is InChI=1S/C10H11NO2.C2H7N.C2H6/c1-11(7-8-12)10(13)9-5-3-2-4-6-9;1-3-2;1-2/h2-6,8H,7H2,1H3;3H,1-2H3;1-2H3. The van der Waals surface area contributed by atoms with Gasteiger partial charge in [-0.25, -0.2) is 0 Å². The Morgan fingerprint density at radius 1 is 1.22 bits per heavy atom. The number of hydrogen-bond donors (Lipinski definition) is 1. The molecule has 0 heterocycles. The maximum Gasteiger partial charge on any atom is 0.253 e. The smallest absolute Gasteiger partial charge is 0.253 e. The van der Waals surface area contributed by atoms with Crippen molar-refractivity contribution in [2.24, 2.45) is 0 Å². The lowest BCUT2D eigenvalue weighted by atomic mass is 10.2. The summed E-state index contributed by atoms with van der Waals surface area (Å²) >= 11 is 0. The molecule has 1 rings (SSSR count). The Morgan fingerprint density at radius 3 is 2.06 bits per heavy atom. The molecule has 0 aromatic heterocycles. The second-order valence-electron chi connectivity index (χ2n) is 3.22. The molecular formula is C14H24N2O2. The molecule has 0 atom stereocenters. The van der Waals surface area contributed by atoms with Crippen LogP contribution in [0.2, 0.25) is 0 Å². The maximum absolute atomic E-state index is 11.5. The van der Waals surface area contributed by atoms with E-state index in [4.69, 9.17) is 0 Å². The summed E-state index contributed by atoms with van der Waals surface area (Å²) in [6.45, 7) is 4.13. The highest BCUT2D eigenvalue weighted by atomic mass is 16.2. The Morgan fingerprint density at radius 2 is 1.67 bits per heavy atom. The topological polar surface area (TPSA) is 49.4 Å². The minimum Gasteiger partial charge on any atom is -0.335 e. The average Bonchev–Trinajstić information content (AvgIpc) is 2.42. The van der Waals surface area contributed by atoms with Crippen LogP contribution in [0, 0.1) is 0 Å². The summed E-state index contributed by atoms with van der Waals surface area (Å²) in [5, 5.41) is 2.75. The lowest BCUT2D eigenvalue weighted by Gasteiger charge is -2.12. The van der Waals surface area contributed by atoms with Gasteiger partial charge in [0.2, 0.25) is 0 Å². The van der Waals surface area contributed by atoms with Gasteiger partial charge in [-0.05, 0) is 26.2 Å². The van der Waals surface area contributed by atoms with E-state index < -0.39 is 0 Å². The van der Waals surface area contributed by atoms with E-state index in [1.54, 1.807) is 31.3 Å². The Hall–Kier alpha value is -1.68. The summed E-state index contributed by atoms with van der Waals surface area (Å²) in [7, 11) is 5.35. The Balaban J connectivity index is 0. The van der Waals surface area contributed by atoms with Crippen molar-refractivity contribution in [2.75, 3.05) is 27.7 Å². The molecule has 0 aliphatic heterocycles. The van der Waals surface area contributed by atoms with Crippen LogP contribution < -0.4 is 5.32 Å². The van der Waals surface area contributed by atoms with E-state index in [-0.39, 0.29) is 12.5 Å². The van der Waals surface area contributed by atoms with Crippen LogP contribution in [0.5, 0.6) is 0 Å². The van der Waals surface area contributed by atoms with E-state index in [1.807, 2.05) is 34.0 Å². The number of likely N-dealkylation sites (N-methyl/N-ethyl adjacent to an activating group) is 1. The van der Waals surface area contributed by atoms with E-state index in [9.17, 15) is 9.59 Å². The number of rotatable bonds is 3. The van der Waals surface area contributed by atoms with Crippen LogP contribution in [0.1, 0.15) is 24.2 Å². The molecule has 1 N–H and O–H groups in total. The van der Waals surface area contributed by atoms with Crippen LogP contribution in [0.3, 0.4) is 0 Å². The largest absolute Gasteiger partial charge is 0.335 e. The summed E-state index contributed by atoms with van der Waals surface area (Å²) in [6.07, 6.45) is 0.709. The highest BCUT2D eigenvalue weighted by Gasteiger charge is 2.09. The van der Waals surface area contributed by atoms with Gasteiger partial charge in [0.15, 0.2) is 0 Å². The minimum absolute atomic E-state index is 0.132. The van der Waals surface area contributed by atoms with E-state index in [0.29, 0.717) is 11.8 Å². The van der Waals surface area contributed by atoms with E-state index in [1.165, 1.54) is 4.90 Å². The van der Waals surface area contributed by atoms with Crippen molar-refractivity contribution in [1.29, 1.82) is 0 Å². The molecule has 0 unspecified atom stereocenters. The molecule has 0 saturated carbocycles. The van der Waals surface area contributed by atoms with E-state index in [2.05, 4.69) is 5.32 Å². The van der Waals surface area contributed by atoms with Crippen LogP contribution in [-0.2, 0) is 4.79 Å². The molecule has 0 fully saturated rings. The highest BCUT2D eigenvalue weighted by Crippen LogP contribution is 2.01. The third-order valence-corrected chi connectivity index (χ3v) is 1.72. The molecule has 102 valence electrons. The third-order valence-electron chi connectivity index (χ3n) is 1.72. The quantitative estimate of drug-likeness (QED) is 0.835. The van der Waals surface area contributed by atoms with Gasteiger partial charge in [0.1, 0.15) is 6.29 Å². The fourth-order valence-corrected chi connectivity index (χ4v) is 0.996. The maximum atomic E-state index is 11.5. The number of nitrogens with one attached hydrogen (secondary N) is 1. The van der Waals surface area contributed by atoms with Crippen molar-refractivity contribution in [1.82, 2.24) is 10.2 Å². The first-order valence-electron chi connectivity index (χ1n) is 6.00. The van der Waals surface area contributed by atoms with Gasteiger partial charge in [0.05, 0.1) is 6.54 Å². The fraction of sp³-hybridized carbons (Fsp3) is 0.429. The molecular weight excluding hydrogens is 228 g/mol. The van der Waals surface area contributed by atoms with Gasteiger partial charge >= 0.3 is 0 Å². The van der Waals surface area contributed by atoms with Crippen LogP contribution in [0.15, 0.2) is 30.3 Å². The van der Waals surface area contributed by atoms with Gasteiger partial charge in [0, 0.05) is 12.6 Å². The van der Waals surface area contributed by atoms with Crippen molar-refractivity contribution >= 4 is 12.2 Å². The molecule has 4 heteroatoms. The first-order valence-corrected chi connectivity index (χ1v) is 6.00. The van der Waals surface area contributed by atoms with Gasteiger partial charge < -0.3 is 15.0 Å². The van der Waals surface area contributed by atoms with Gasteiger partial charge in [0.25, 0.3) is 5.91 Å². The number of carbonyl (C=O) groups excluding carboxylic acids is 2. The molecule has 0 spiro atoms. The SMILES string of the molecule is CC.CN(CC=O)C(=O)c1ccccc1.CNC. The summed E-state index contributed by atoms with van der Waals surface area (Å²) in [6, 6.07) is 8.88. The lowest BCUT2D eigenvalue weighted by molar-refractivity contribution is -0.108. The molecule has 0 saturated heterocycles. The molecule has 1 aromatic rings. The average molecular weight is 252 g/mol. The zero-order valence-corrected chi connectivity index (χ0v) is 11.9. The molecule has 1 amide bonds. The molecule has 0 radical (unpaired) electrons. The Kier molecular flexibility index (Phi) is 13.9. The lowest BCUT2D eigenvalue weighted by Crippen LogP contribution is -2.28. The van der Waals surface area contributed by atoms with Crippen LogP contribution in [0.4, 0.5) is 0 Å². The number of aldehydes is 1. The summed E-state index contributed by atoms with van der Waals surface area (Å²) in [5.74, 6) is -0.132. The molecule has 0 aliphatic rings. The van der Waals surface area contributed by atoms with E-state index in [0.717, 1.165) is 0 Å². The summed E-state index contributed by atoms with van der Waals surface area (Å²) in [4.78, 5) is 23.0. The third kappa shape index (κ3) is 8.47. The Labute approximate surface area is 110 Å². The van der Waals surface area contributed by atoms with Crippen molar-refractivity contribution in [3.63, 3.8) is 0 Å². The second kappa shape index (κ2) is 13.4. The first-order chi connectivity index (χ1) is 8.67.